The Labute approximate surface area is 372 Å². The molecule has 9 aromatic carbocycles. The molecule has 62 heavy (non-hydrogen) atoms. The molecule has 306 valence electrons. The number of hydrogen-bond donors (Lipinski definition) is 0. The zero-order chi connectivity index (χ0) is 43.3. The fourth-order valence-corrected chi connectivity index (χ4v) is 8.65. The lowest BCUT2D eigenvalue weighted by Crippen LogP contribution is -1.93. The van der Waals surface area contributed by atoms with E-state index in [2.05, 4.69) is 198 Å². The molecule has 11 rings (SSSR count). The van der Waals surface area contributed by atoms with E-state index in [1.165, 1.54) is 92.2 Å². The van der Waals surface area contributed by atoms with Gasteiger partial charge in [0.25, 0.3) is 0 Å². The summed E-state index contributed by atoms with van der Waals surface area (Å²) in [7, 11) is 0. The molecule has 0 unspecified atom stereocenters. The Kier molecular flexibility index (Phi) is 14.6. The van der Waals surface area contributed by atoms with E-state index in [1.807, 2.05) is 84.1 Å². The number of aryl methyl sites for hydroxylation is 6. The molecular weight excluding hydrogens is 767 g/mol. The highest BCUT2D eigenvalue weighted by Crippen LogP contribution is 2.39. The zero-order valence-corrected chi connectivity index (χ0v) is 37.5. The summed E-state index contributed by atoms with van der Waals surface area (Å²) in [4.78, 5) is 0. The number of benzene rings is 9. The lowest BCUT2D eigenvalue weighted by molar-refractivity contribution is 1.19. The van der Waals surface area contributed by atoms with Crippen LogP contribution in [0.5, 0.6) is 0 Å². The van der Waals surface area contributed by atoms with Gasteiger partial charge in [-0.05, 0) is 89.1 Å². The van der Waals surface area contributed by atoms with Gasteiger partial charge in [0.15, 0.2) is 0 Å². The van der Waals surface area contributed by atoms with Gasteiger partial charge in [0.1, 0.15) is 0 Å². The molecule has 0 aliphatic heterocycles. The van der Waals surface area contributed by atoms with Crippen LogP contribution in [0.3, 0.4) is 0 Å². The second kappa shape index (κ2) is 21.0. The standard InChI is InChI=1S/C32H23NS.4C7H8/c1-20-15-21(2)17-23(16-20)22-11-13-26-25-7-3-5-9-29(25)33(30(26)18-22)24-12-14-32-28(19-24)27-8-4-6-10-31(27)34-32;4*1-7-5-3-2-4-6-7/h3-19H,1-2H3;4*2-6H,1H3. The zero-order valence-electron chi connectivity index (χ0n) is 36.7. The highest BCUT2D eigenvalue weighted by atomic mass is 32.1. The number of nitrogens with zero attached hydrogens (tertiary/aromatic N) is 1. The van der Waals surface area contributed by atoms with Crippen LogP contribution in [0.15, 0.2) is 224 Å². The summed E-state index contributed by atoms with van der Waals surface area (Å²) in [6, 6.07) is 79.2. The second-order valence-corrected chi connectivity index (χ2v) is 16.9. The van der Waals surface area contributed by atoms with E-state index in [4.69, 9.17) is 0 Å². The van der Waals surface area contributed by atoms with Gasteiger partial charge in [-0.15, -0.1) is 11.3 Å². The fraction of sp³-hybridized carbons (Fsp3) is 0.100. The van der Waals surface area contributed by atoms with Crippen LogP contribution in [0.1, 0.15) is 33.4 Å². The summed E-state index contributed by atoms with van der Waals surface area (Å²) in [5, 5.41) is 5.24. The first kappa shape index (κ1) is 43.1. The number of thiophene rings is 1. The maximum atomic E-state index is 2.43. The molecule has 2 aromatic heterocycles. The largest absolute Gasteiger partial charge is 0.309 e. The quantitative estimate of drug-likeness (QED) is 0.164. The third-order valence-corrected chi connectivity index (χ3v) is 11.8. The number of rotatable bonds is 2. The van der Waals surface area contributed by atoms with Crippen molar-refractivity contribution in [3.63, 3.8) is 0 Å². The van der Waals surface area contributed by atoms with Gasteiger partial charge in [-0.3, -0.25) is 0 Å². The molecule has 0 amide bonds. The lowest BCUT2D eigenvalue weighted by Gasteiger charge is -2.10. The maximum Gasteiger partial charge on any atom is 0.0547 e. The Morgan fingerprint density at radius 1 is 0.274 bits per heavy atom. The fourth-order valence-electron chi connectivity index (χ4n) is 7.56. The van der Waals surface area contributed by atoms with E-state index in [9.17, 15) is 0 Å². The Hall–Kier alpha value is -7.00. The van der Waals surface area contributed by atoms with Gasteiger partial charge < -0.3 is 4.57 Å². The van der Waals surface area contributed by atoms with Gasteiger partial charge in [0.2, 0.25) is 0 Å². The smallest absolute Gasteiger partial charge is 0.0547 e. The van der Waals surface area contributed by atoms with E-state index in [1.54, 1.807) is 0 Å². The van der Waals surface area contributed by atoms with Gasteiger partial charge in [0.05, 0.1) is 11.0 Å². The van der Waals surface area contributed by atoms with Gasteiger partial charge in [-0.1, -0.05) is 221 Å². The summed E-state index contributed by atoms with van der Waals surface area (Å²) in [6.45, 7) is 12.7. The van der Waals surface area contributed by atoms with Gasteiger partial charge in [0, 0.05) is 36.6 Å². The van der Waals surface area contributed by atoms with E-state index in [0.29, 0.717) is 0 Å². The van der Waals surface area contributed by atoms with Crippen LogP contribution in [-0.2, 0) is 0 Å². The molecule has 2 heteroatoms. The Morgan fingerprint density at radius 2 is 0.710 bits per heavy atom. The molecule has 0 atom stereocenters. The summed E-state index contributed by atoms with van der Waals surface area (Å²) in [5.41, 5.74) is 14.1. The minimum absolute atomic E-state index is 1.21. The van der Waals surface area contributed by atoms with Crippen LogP contribution in [0, 0.1) is 41.5 Å². The maximum absolute atomic E-state index is 2.43. The van der Waals surface area contributed by atoms with E-state index < -0.39 is 0 Å². The minimum atomic E-state index is 1.21. The third kappa shape index (κ3) is 11.2. The summed E-state index contributed by atoms with van der Waals surface area (Å²) >= 11 is 1.87. The van der Waals surface area contributed by atoms with E-state index in [0.717, 1.165) is 0 Å². The van der Waals surface area contributed by atoms with Crippen molar-refractivity contribution in [3.05, 3.63) is 258 Å². The van der Waals surface area contributed by atoms with Crippen molar-refractivity contribution in [3.8, 4) is 16.8 Å². The van der Waals surface area contributed by atoms with Gasteiger partial charge >= 0.3 is 0 Å². The molecule has 0 bridgehead atoms. The Bertz CT molecular complexity index is 2930. The van der Waals surface area contributed by atoms with Crippen molar-refractivity contribution in [1.29, 1.82) is 0 Å². The van der Waals surface area contributed by atoms with Crippen molar-refractivity contribution in [1.82, 2.24) is 4.57 Å². The van der Waals surface area contributed by atoms with Gasteiger partial charge in [-0.2, -0.15) is 0 Å². The highest BCUT2D eigenvalue weighted by Gasteiger charge is 2.15. The monoisotopic (exact) mass is 821 g/mol. The molecule has 0 saturated carbocycles. The van der Waals surface area contributed by atoms with Crippen molar-refractivity contribution in [2.75, 3.05) is 0 Å². The van der Waals surface area contributed by atoms with Crippen molar-refractivity contribution in [2.45, 2.75) is 41.5 Å². The molecule has 0 fully saturated rings. The highest BCUT2D eigenvalue weighted by molar-refractivity contribution is 7.25. The molecule has 0 N–H and O–H groups in total. The topological polar surface area (TPSA) is 4.93 Å². The molecule has 11 aromatic rings. The predicted molar refractivity (Wildman–Crippen MR) is 273 cm³/mol. The number of aromatic nitrogens is 1. The molecule has 0 aliphatic rings. The van der Waals surface area contributed by atoms with Crippen LogP contribution in [0.2, 0.25) is 0 Å². The first-order valence-electron chi connectivity index (χ1n) is 21.3. The van der Waals surface area contributed by atoms with E-state index in [-0.39, 0.29) is 0 Å². The molecule has 1 nitrogen and oxygen atoms in total. The first-order valence-corrected chi connectivity index (χ1v) is 22.2. The molecule has 2 heterocycles. The second-order valence-electron chi connectivity index (χ2n) is 15.9. The predicted octanol–water partition coefficient (Wildman–Crippen LogP) is 17.4. The SMILES string of the molecule is Cc1cc(C)cc(-c2ccc3c4ccccc4n(-c4ccc5sc6ccccc6c5c4)c3c2)c1.Cc1ccccc1.Cc1ccccc1.Cc1ccccc1.Cc1ccccc1. The molecule has 0 saturated heterocycles. The molecule has 0 aliphatic carbocycles. The summed E-state index contributed by atoms with van der Waals surface area (Å²) in [5.74, 6) is 0. The van der Waals surface area contributed by atoms with E-state index >= 15 is 0 Å². The van der Waals surface area contributed by atoms with Crippen molar-refractivity contribution >= 4 is 53.3 Å². The van der Waals surface area contributed by atoms with Crippen LogP contribution in [-0.4, -0.2) is 4.57 Å². The normalized spacial score (nSPS) is 10.4. The average molecular weight is 822 g/mol. The number of para-hydroxylation sites is 1. The van der Waals surface area contributed by atoms with Gasteiger partial charge in [-0.25, -0.2) is 0 Å². The average Bonchev–Trinajstić information content (AvgIpc) is 3.83. The molecular formula is C60H55NS. The molecule has 0 radical (unpaired) electrons. The Balaban J connectivity index is 0.000000165. The third-order valence-electron chi connectivity index (χ3n) is 10.6. The van der Waals surface area contributed by atoms with Crippen LogP contribution in [0.4, 0.5) is 0 Å². The van der Waals surface area contributed by atoms with Crippen molar-refractivity contribution in [2.24, 2.45) is 0 Å². The van der Waals surface area contributed by atoms with Crippen LogP contribution >= 0.6 is 11.3 Å². The first-order chi connectivity index (χ1) is 30.2. The lowest BCUT2D eigenvalue weighted by atomic mass is 9.99. The Morgan fingerprint density at radius 3 is 1.21 bits per heavy atom. The molecule has 0 spiro atoms. The van der Waals surface area contributed by atoms with Crippen LogP contribution < -0.4 is 0 Å². The number of hydrogen-bond acceptors (Lipinski definition) is 1. The summed E-state index contributed by atoms with van der Waals surface area (Å²) in [6.07, 6.45) is 0. The minimum Gasteiger partial charge on any atom is -0.309 e. The van der Waals surface area contributed by atoms with Crippen LogP contribution in [0.25, 0.3) is 58.8 Å². The summed E-state index contributed by atoms with van der Waals surface area (Å²) < 4.78 is 5.11. The van der Waals surface area contributed by atoms with Crippen molar-refractivity contribution < 1.29 is 0 Å². The number of fused-ring (bicyclic) bond motifs is 6.